The van der Waals surface area contributed by atoms with Crippen LogP contribution in [-0.4, -0.2) is 44.1 Å². The minimum atomic E-state index is -0.288. The molecule has 1 fully saturated rings. The van der Waals surface area contributed by atoms with Crippen molar-refractivity contribution < 1.29 is 9.13 Å². The van der Waals surface area contributed by atoms with Crippen molar-refractivity contribution in [2.24, 2.45) is 0 Å². The van der Waals surface area contributed by atoms with Crippen LogP contribution in [0, 0.1) is 5.82 Å². The number of aromatic nitrogens is 4. The molecule has 2 aliphatic heterocycles. The molecule has 2 atom stereocenters. The fourth-order valence-electron chi connectivity index (χ4n) is 3.87. The highest BCUT2D eigenvalue weighted by Crippen LogP contribution is 2.35. The Bertz CT molecular complexity index is 935. The maximum atomic E-state index is 14.2. The number of hydrogen-bond acceptors (Lipinski definition) is 5. The Kier molecular flexibility index (Phi) is 4.90. The van der Waals surface area contributed by atoms with Crippen molar-refractivity contribution in [2.75, 3.05) is 13.1 Å². The summed E-state index contributed by atoms with van der Waals surface area (Å²) in [7, 11) is 0. The SMILES string of the molecule is Cl.Fc1ccccc1-c1nnn2c1CO[C@@H]1CN(Cc3ccncc3)C[C@H]12. The number of nitrogens with zero attached hydrogens (tertiary/aromatic N) is 5. The number of pyridine rings is 1. The van der Waals surface area contributed by atoms with Crippen LogP contribution in [0.3, 0.4) is 0 Å². The van der Waals surface area contributed by atoms with E-state index in [-0.39, 0.29) is 30.4 Å². The molecule has 27 heavy (non-hydrogen) atoms. The van der Waals surface area contributed by atoms with Gasteiger partial charge in [0.25, 0.3) is 0 Å². The lowest BCUT2D eigenvalue weighted by Crippen LogP contribution is -2.32. The van der Waals surface area contributed by atoms with E-state index in [2.05, 4.69) is 20.2 Å². The summed E-state index contributed by atoms with van der Waals surface area (Å²) in [6, 6.07) is 10.8. The van der Waals surface area contributed by atoms with Crippen molar-refractivity contribution in [3.63, 3.8) is 0 Å². The monoisotopic (exact) mass is 387 g/mol. The molecule has 5 rings (SSSR count). The number of halogens is 2. The van der Waals surface area contributed by atoms with E-state index >= 15 is 0 Å². The highest BCUT2D eigenvalue weighted by atomic mass is 35.5. The predicted molar refractivity (Wildman–Crippen MR) is 99.8 cm³/mol. The fraction of sp³-hybridized carbons (Fsp3) is 0.316. The van der Waals surface area contributed by atoms with Crippen LogP contribution in [0.2, 0.25) is 0 Å². The summed E-state index contributed by atoms with van der Waals surface area (Å²) in [6.45, 7) is 2.94. The van der Waals surface area contributed by atoms with Gasteiger partial charge in [0, 0.05) is 37.6 Å². The molecule has 1 saturated heterocycles. The Morgan fingerprint density at radius 1 is 1.11 bits per heavy atom. The van der Waals surface area contributed by atoms with Gasteiger partial charge in [0.15, 0.2) is 0 Å². The molecule has 0 aliphatic carbocycles. The minimum absolute atomic E-state index is 0. The predicted octanol–water partition coefficient (Wildman–Crippen LogP) is 2.86. The number of ether oxygens (including phenoxy) is 1. The Balaban J connectivity index is 0.00000180. The Hall–Kier alpha value is -2.35. The van der Waals surface area contributed by atoms with E-state index in [1.165, 1.54) is 11.6 Å². The van der Waals surface area contributed by atoms with Gasteiger partial charge in [0.05, 0.1) is 24.4 Å². The average molecular weight is 388 g/mol. The average Bonchev–Trinajstić information content (AvgIpc) is 3.26. The minimum Gasteiger partial charge on any atom is -0.368 e. The summed E-state index contributed by atoms with van der Waals surface area (Å²) in [4.78, 5) is 6.42. The van der Waals surface area contributed by atoms with E-state index in [1.807, 2.05) is 35.3 Å². The van der Waals surface area contributed by atoms with Crippen LogP contribution < -0.4 is 0 Å². The second kappa shape index (κ2) is 7.34. The summed E-state index contributed by atoms with van der Waals surface area (Å²) in [5, 5.41) is 8.61. The first kappa shape index (κ1) is 18.0. The molecule has 8 heteroatoms. The molecule has 0 bridgehead atoms. The van der Waals surface area contributed by atoms with Gasteiger partial charge in [-0.2, -0.15) is 0 Å². The normalized spacial score (nSPS) is 21.4. The summed E-state index contributed by atoms with van der Waals surface area (Å²) < 4.78 is 22.2. The number of benzene rings is 1. The second-order valence-electron chi connectivity index (χ2n) is 6.78. The molecule has 0 spiro atoms. The zero-order valence-corrected chi connectivity index (χ0v) is 15.3. The van der Waals surface area contributed by atoms with Crippen LogP contribution in [0.1, 0.15) is 17.3 Å². The Morgan fingerprint density at radius 2 is 1.93 bits per heavy atom. The topological polar surface area (TPSA) is 56.1 Å². The largest absolute Gasteiger partial charge is 0.368 e. The van der Waals surface area contributed by atoms with Crippen molar-refractivity contribution in [1.29, 1.82) is 0 Å². The maximum absolute atomic E-state index is 14.2. The molecular formula is C19H19ClFN5O. The number of fused-ring (bicyclic) bond motifs is 3. The third-order valence-electron chi connectivity index (χ3n) is 5.14. The van der Waals surface area contributed by atoms with Gasteiger partial charge in [-0.25, -0.2) is 9.07 Å². The molecule has 140 valence electrons. The van der Waals surface area contributed by atoms with E-state index in [0.717, 1.165) is 25.3 Å². The molecule has 0 amide bonds. The summed E-state index contributed by atoms with van der Waals surface area (Å²) in [6.07, 6.45) is 3.70. The first-order chi connectivity index (χ1) is 12.8. The summed E-state index contributed by atoms with van der Waals surface area (Å²) >= 11 is 0. The van der Waals surface area contributed by atoms with Gasteiger partial charge in [-0.15, -0.1) is 17.5 Å². The zero-order chi connectivity index (χ0) is 17.5. The van der Waals surface area contributed by atoms with Crippen molar-refractivity contribution in [3.8, 4) is 11.3 Å². The van der Waals surface area contributed by atoms with Gasteiger partial charge in [0.2, 0.25) is 0 Å². The van der Waals surface area contributed by atoms with E-state index in [9.17, 15) is 4.39 Å². The van der Waals surface area contributed by atoms with Gasteiger partial charge in [0.1, 0.15) is 11.5 Å². The van der Waals surface area contributed by atoms with Crippen molar-refractivity contribution in [3.05, 3.63) is 65.9 Å². The second-order valence-corrected chi connectivity index (χ2v) is 6.78. The fourth-order valence-corrected chi connectivity index (χ4v) is 3.87. The lowest BCUT2D eigenvalue weighted by molar-refractivity contribution is -0.00494. The lowest BCUT2D eigenvalue weighted by atomic mass is 10.1. The van der Waals surface area contributed by atoms with Crippen molar-refractivity contribution in [2.45, 2.75) is 25.3 Å². The van der Waals surface area contributed by atoms with Crippen LogP contribution in [-0.2, 0) is 17.9 Å². The third-order valence-corrected chi connectivity index (χ3v) is 5.14. The quantitative estimate of drug-likeness (QED) is 0.691. The van der Waals surface area contributed by atoms with Gasteiger partial charge >= 0.3 is 0 Å². The summed E-state index contributed by atoms with van der Waals surface area (Å²) in [5.74, 6) is -0.288. The van der Waals surface area contributed by atoms with Gasteiger partial charge in [-0.3, -0.25) is 9.88 Å². The molecule has 4 heterocycles. The van der Waals surface area contributed by atoms with Gasteiger partial charge in [-0.05, 0) is 29.8 Å². The number of rotatable bonds is 3. The van der Waals surface area contributed by atoms with Gasteiger partial charge in [-0.1, -0.05) is 17.3 Å². The molecule has 2 aliphatic rings. The molecule has 0 N–H and O–H groups in total. The molecule has 2 aromatic heterocycles. The highest BCUT2D eigenvalue weighted by molar-refractivity contribution is 5.85. The first-order valence-electron chi connectivity index (χ1n) is 8.71. The number of hydrogen-bond donors (Lipinski definition) is 0. The third kappa shape index (κ3) is 3.22. The van der Waals surface area contributed by atoms with Crippen LogP contribution in [0.5, 0.6) is 0 Å². The molecular weight excluding hydrogens is 369 g/mol. The number of likely N-dealkylation sites (tertiary alicyclic amines) is 1. The van der Waals surface area contributed by atoms with Crippen molar-refractivity contribution in [1.82, 2.24) is 24.9 Å². The van der Waals surface area contributed by atoms with Crippen LogP contribution in [0.4, 0.5) is 4.39 Å². The maximum Gasteiger partial charge on any atom is 0.132 e. The molecule has 0 radical (unpaired) electrons. The first-order valence-corrected chi connectivity index (χ1v) is 8.71. The van der Waals surface area contributed by atoms with Crippen LogP contribution >= 0.6 is 12.4 Å². The van der Waals surface area contributed by atoms with E-state index in [0.29, 0.717) is 17.9 Å². The molecule has 0 saturated carbocycles. The van der Waals surface area contributed by atoms with E-state index < -0.39 is 0 Å². The Morgan fingerprint density at radius 3 is 2.74 bits per heavy atom. The molecule has 0 unspecified atom stereocenters. The zero-order valence-electron chi connectivity index (χ0n) is 14.5. The van der Waals surface area contributed by atoms with Crippen LogP contribution in [0.25, 0.3) is 11.3 Å². The van der Waals surface area contributed by atoms with E-state index in [4.69, 9.17) is 4.74 Å². The molecule has 3 aromatic rings. The highest BCUT2D eigenvalue weighted by Gasteiger charge is 2.40. The summed E-state index contributed by atoms with van der Waals surface area (Å²) in [5.41, 5.74) is 3.13. The Labute approximate surface area is 162 Å². The van der Waals surface area contributed by atoms with Crippen molar-refractivity contribution >= 4 is 12.4 Å². The standard InChI is InChI=1S/C19H18FN5O.ClH/c20-15-4-2-1-3-14(15)19-17-12-26-18-11-24(9-13-5-7-21-8-6-13)10-16(18)25(17)23-22-19;/h1-8,16,18H,9-12H2;1H/t16-,18-;/m1./s1. The molecule has 6 nitrogen and oxygen atoms in total. The molecule has 1 aromatic carbocycles. The lowest BCUT2D eigenvalue weighted by Gasteiger charge is -2.26. The van der Waals surface area contributed by atoms with Gasteiger partial charge < -0.3 is 4.74 Å². The van der Waals surface area contributed by atoms with E-state index in [1.54, 1.807) is 12.1 Å². The smallest absolute Gasteiger partial charge is 0.132 e. The van der Waals surface area contributed by atoms with Crippen LogP contribution in [0.15, 0.2) is 48.8 Å².